The number of aromatic nitrogens is 2. The van der Waals surface area contributed by atoms with Gasteiger partial charge in [-0.15, -0.1) is 0 Å². The Morgan fingerprint density at radius 2 is 2.21 bits per heavy atom. The number of halogens is 1. The summed E-state index contributed by atoms with van der Waals surface area (Å²) in [5, 5.41) is 13.9. The fraction of sp³-hybridized carbons (Fsp3) is 0.250. The number of rotatable bonds is 3. The number of hydrazone groups is 1. The number of nitrogens with one attached hydrogen (secondary N) is 1. The predicted molar refractivity (Wildman–Crippen MR) is 91.0 cm³/mol. The van der Waals surface area contributed by atoms with Gasteiger partial charge in [0.2, 0.25) is 0 Å². The average molecular weight is 347 g/mol. The summed E-state index contributed by atoms with van der Waals surface area (Å²) < 4.78 is 1.39. The molecule has 1 atom stereocenters. The maximum absolute atomic E-state index is 12.4. The van der Waals surface area contributed by atoms with Crippen molar-refractivity contribution in [2.75, 3.05) is 5.43 Å². The first-order valence-corrected chi connectivity index (χ1v) is 7.79. The second-order valence-electron chi connectivity index (χ2n) is 5.51. The van der Waals surface area contributed by atoms with Crippen molar-refractivity contribution >= 4 is 29.0 Å². The molecule has 1 aromatic heterocycles. The molecular formula is C16H15ClN4O3. The Balaban J connectivity index is 2.02. The van der Waals surface area contributed by atoms with Gasteiger partial charge in [-0.1, -0.05) is 23.7 Å². The number of nitrogens with zero attached hydrogens (tertiary/aromatic N) is 3. The molecule has 0 radical (unpaired) electrons. The Labute approximate surface area is 142 Å². The molecule has 2 heterocycles. The summed E-state index contributed by atoms with van der Waals surface area (Å²) in [6.07, 6.45) is 2.37. The van der Waals surface area contributed by atoms with Crippen molar-refractivity contribution in [1.29, 1.82) is 0 Å². The number of carboxylic acid groups (broad SMARTS) is 1. The van der Waals surface area contributed by atoms with Crippen molar-refractivity contribution in [2.24, 2.45) is 5.10 Å². The smallest absolute Gasteiger partial charge is 0.342 e. The van der Waals surface area contributed by atoms with Crippen LogP contribution in [0.1, 0.15) is 42.0 Å². The number of carbonyl (C=O) groups is 1. The molecule has 0 saturated heterocycles. The summed E-state index contributed by atoms with van der Waals surface area (Å²) in [7, 11) is 0. The van der Waals surface area contributed by atoms with E-state index in [1.54, 1.807) is 12.1 Å². The van der Waals surface area contributed by atoms with E-state index in [0.29, 0.717) is 35.1 Å². The molecule has 0 aliphatic carbocycles. The van der Waals surface area contributed by atoms with Crippen LogP contribution < -0.4 is 11.0 Å². The van der Waals surface area contributed by atoms with Gasteiger partial charge in [-0.05, 0) is 31.9 Å². The molecule has 1 aromatic carbocycles. The maximum Gasteiger partial charge on any atom is 0.342 e. The Hall–Kier alpha value is -2.67. The molecule has 0 fully saturated rings. The van der Waals surface area contributed by atoms with Crippen LogP contribution in [0.5, 0.6) is 0 Å². The van der Waals surface area contributed by atoms with Crippen LogP contribution in [0.2, 0.25) is 5.02 Å². The Bertz CT molecular complexity index is 891. The normalized spacial score (nSPS) is 18.2. The summed E-state index contributed by atoms with van der Waals surface area (Å²) in [5.74, 6) is -0.906. The minimum Gasteiger partial charge on any atom is -0.477 e. The fourth-order valence-electron chi connectivity index (χ4n) is 2.61. The molecule has 2 aromatic rings. The number of para-hydroxylation sites is 1. The van der Waals surface area contributed by atoms with Gasteiger partial charge in [0, 0.05) is 12.2 Å². The molecule has 124 valence electrons. The van der Waals surface area contributed by atoms with Crippen molar-refractivity contribution in [3.63, 3.8) is 0 Å². The van der Waals surface area contributed by atoms with Crippen molar-refractivity contribution < 1.29 is 9.90 Å². The van der Waals surface area contributed by atoms with E-state index in [2.05, 4.69) is 15.5 Å². The van der Waals surface area contributed by atoms with Crippen molar-refractivity contribution in [3.05, 3.63) is 57.2 Å². The zero-order chi connectivity index (χ0) is 17.3. The summed E-state index contributed by atoms with van der Waals surface area (Å²) in [4.78, 5) is 27.7. The number of benzene rings is 1. The molecule has 1 unspecified atom stereocenters. The molecule has 0 spiro atoms. The van der Waals surface area contributed by atoms with Crippen LogP contribution in [-0.2, 0) is 0 Å². The molecule has 0 amide bonds. The Morgan fingerprint density at radius 3 is 2.92 bits per heavy atom. The van der Waals surface area contributed by atoms with Gasteiger partial charge < -0.3 is 5.11 Å². The number of hydrogen-bond acceptors (Lipinski definition) is 5. The van der Waals surface area contributed by atoms with E-state index in [1.807, 2.05) is 19.1 Å². The van der Waals surface area contributed by atoms with Gasteiger partial charge >= 0.3 is 5.97 Å². The minimum atomic E-state index is -1.28. The quantitative estimate of drug-likeness (QED) is 0.833. The standard InChI is InChI=1S/C16H15ClN4O3/c1-9-6-7-13(20-19-12-5-3-2-4-11(12)17)14-18-8-10(16(23)24)15(22)21(9)14/h2-5,8-9,19H,6-7H2,1H3,(H,23,24)/b20-13+. The monoisotopic (exact) mass is 346 g/mol. The first kappa shape index (κ1) is 16.2. The van der Waals surface area contributed by atoms with Gasteiger partial charge in [0.15, 0.2) is 5.82 Å². The maximum atomic E-state index is 12.4. The summed E-state index contributed by atoms with van der Waals surface area (Å²) >= 11 is 6.08. The van der Waals surface area contributed by atoms with Crippen molar-refractivity contribution in [3.8, 4) is 0 Å². The fourth-order valence-corrected chi connectivity index (χ4v) is 2.79. The molecule has 7 nitrogen and oxygen atoms in total. The molecule has 3 rings (SSSR count). The highest BCUT2D eigenvalue weighted by Gasteiger charge is 2.26. The van der Waals surface area contributed by atoms with Crippen LogP contribution in [0, 0.1) is 0 Å². The number of anilines is 1. The number of carboxylic acids is 1. The first-order chi connectivity index (χ1) is 11.5. The highest BCUT2D eigenvalue weighted by Crippen LogP contribution is 2.24. The molecule has 1 aliphatic rings. The molecular weight excluding hydrogens is 332 g/mol. The van der Waals surface area contributed by atoms with Gasteiger partial charge in [0.05, 0.1) is 10.7 Å². The average Bonchev–Trinajstić information content (AvgIpc) is 2.55. The van der Waals surface area contributed by atoms with E-state index in [9.17, 15) is 9.59 Å². The van der Waals surface area contributed by atoms with Gasteiger partial charge in [0.25, 0.3) is 5.56 Å². The molecule has 0 saturated carbocycles. The topological polar surface area (TPSA) is 96.6 Å². The Morgan fingerprint density at radius 1 is 1.46 bits per heavy atom. The molecule has 24 heavy (non-hydrogen) atoms. The second kappa shape index (κ2) is 6.45. The largest absolute Gasteiger partial charge is 0.477 e. The number of fused-ring (bicyclic) bond motifs is 1. The highest BCUT2D eigenvalue weighted by molar-refractivity contribution is 6.33. The van der Waals surface area contributed by atoms with E-state index in [0.717, 1.165) is 6.20 Å². The van der Waals surface area contributed by atoms with Gasteiger partial charge in [-0.25, -0.2) is 9.78 Å². The van der Waals surface area contributed by atoms with Crippen LogP contribution in [0.15, 0.2) is 40.4 Å². The van der Waals surface area contributed by atoms with Crippen LogP contribution in [-0.4, -0.2) is 26.3 Å². The lowest BCUT2D eigenvalue weighted by atomic mass is 10.0. The van der Waals surface area contributed by atoms with E-state index < -0.39 is 11.5 Å². The van der Waals surface area contributed by atoms with E-state index in [1.165, 1.54) is 4.57 Å². The van der Waals surface area contributed by atoms with Gasteiger partial charge in [0.1, 0.15) is 11.3 Å². The van der Waals surface area contributed by atoms with Crippen LogP contribution in [0.25, 0.3) is 0 Å². The molecule has 1 aliphatic heterocycles. The zero-order valence-electron chi connectivity index (χ0n) is 12.9. The minimum absolute atomic E-state index is 0.140. The molecule has 2 N–H and O–H groups in total. The van der Waals surface area contributed by atoms with Gasteiger partial charge in [-0.2, -0.15) is 5.10 Å². The first-order valence-electron chi connectivity index (χ1n) is 7.41. The van der Waals surface area contributed by atoms with Crippen molar-refractivity contribution in [1.82, 2.24) is 9.55 Å². The predicted octanol–water partition coefficient (Wildman–Crippen LogP) is 2.77. The SMILES string of the molecule is CC1CC/C(=N\Nc2ccccc2Cl)c2ncc(C(=O)O)c(=O)n21. The zero-order valence-corrected chi connectivity index (χ0v) is 13.6. The third kappa shape index (κ3) is 2.90. The van der Waals surface area contributed by atoms with Crippen molar-refractivity contribution in [2.45, 2.75) is 25.8 Å². The highest BCUT2D eigenvalue weighted by atomic mass is 35.5. The third-order valence-corrected chi connectivity index (χ3v) is 4.24. The Kier molecular flexibility index (Phi) is 4.35. The number of hydrogen-bond donors (Lipinski definition) is 2. The second-order valence-corrected chi connectivity index (χ2v) is 5.92. The summed E-state index contributed by atoms with van der Waals surface area (Å²) in [5.41, 5.74) is 3.20. The lowest BCUT2D eigenvalue weighted by Crippen LogP contribution is -2.37. The summed E-state index contributed by atoms with van der Waals surface area (Å²) in [6.45, 7) is 1.86. The summed E-state index contributed by atoms with van der Waals surface area (Å²) in [6, 6.07) is 7.02. The lowest BCUT2D eigenvalue weighted by Gasteiger charge is -2.25. The van der Waals surface area contributed by atoms with E-state index >= 15 is 0 Å². The van der Waals surface area contributed by atoms with Crippen LogP contribution in [0.3, 0.4) is 0 Å². The molecule has 0 bridgehead atoms. The van der Waals surface area contributed by atoms with Crippen LogP contribution in [0.4, 0.5) is 5.69 Å². The third-order valence-electron chi connectivity index (χ3n) is 3.91. The lowest BCUT2D eigenvalue weighted by molar-refractivity contribution is 0.0693. The number of aromatic carboxylic acids is 1. The molecule has 8 heteroatoms. The van der Waals surface area contributed by atoms with E-state index in [4.69, 9.17) is 16.7 Å². The van der Waals surface area contributed by atoms with Gasteiger partial charge in [-0.3, -0.25) is 14.8 Å². The van der Waals surface area contributed by atoms with E-state index in [-0.39, 0.29) is 11.6 Å². The van der Waals surface area contributed by atoms with Crippen LogP contribution >= 0.6 is 11.6 Å².